The van der Waals surface area contributed by atoms with Crippen LogP contribution in [0, 0.1) is 0 Å². The smallest absolute Gasteiger partial charge is 0.547 e. The van der Waals surface area contributed by atoms with Crippen LogP contribution in [-0.4, -0.2) is 58.6 Å². The molecule has 0 bridgehead atoms. The fourth-order valence-corrected chi connectivity index (χ4v) is 1.37. The van der Waals surface area contributed by atoms with Gasteiger partial charge in [0.1, 0.15) is 24.4 Å². The second-order valence-corrected chi connectivity index (χ2v) is 3.17. The van der Waals surface area contributed by atoms with Crippen molar-refractivity contribution in [2.75, 3.05) is 6.61 Å². The second kappa shape index (κ2) is 6.87. The number of aliphatic carboxylic acids is 1. The Hall–Kier alpha value is 0.270. The molecule has 8 heteroatoms. The number of carboxylic acid groups (broad SMARTS) is 1. The van der Waals surface area contributed by atoms with E-state index >= 15 is 0 Å². The molecule has 1 fully saturated rings. The zero-order chi connectivity index (χ0) is 11.6. The van der Waals surface area contributed by atoms with Gasteiger partial charge in [-0.05, 0) is 6.92 Å². The monoisotopic (exact) mass is 244 g/mol. The zero-order valence-corrected chi connectivity index (χ0v) is 11.1. The van der Waals surface area contributed by atoms with Crippen molar-refractivity contribution in [2.45, 2.75) is 37.6 Å². The van der Waals surface area contributed by atoms with Crippen LogP contribution in [0.5, 0.6) is 0 Å². The summed E-state index contributed by atoms with van der Waals surface area (Å²) in [5.74, 6) is -1.77. The first-order valence-corrected chi connectivity index (χ1v) is 4.51. The third-order valence-corrected chi connectivity index (χ3v) is 2.14. The van der Waals surface area contributed by atoms with Crippen molar-refractivity contribution < 1.29 is 64.3 Å². The summed E-state index contributed by atoms with van der Waals surface area (Å²) < 4.78 is 9.75. The van der Waals surface area contributed by atoms with Gasteiger partial charge in [-0.25, -0.2) is 0 Å². The topological polar surface area (TPSA) is 119 Å². The summed E-state index contributed by atoms with van der Waals surface area (Å²) >= 11 is 0. The Balaban J connectivity index is 0.00000225. The van der Waals surface area contributed by atoms with Crippen LogP contribution in [0.25, 0.3) is 0 Å². The molecule has 0 spiro atoms. The van der Waals surface area contributed by atoms with Crippen molar-refractivity contribution in [3.8, 4) is 0 Å². The maximum absolute atomic E-state index is 10.3. The molecule has 0 aromatic heterocycles. The number of hydrogen-bond acceptors (Lipinski definition) is 7. The Labute approximate surface area is 114 Å². The Bertz CT molecular complexity index is 236. The maximum Gasteiger partial charge on any atom is 1.00 e. The van der Waals surface area contributed by atoms with Gasteiger partial charge in [0.25, 0.3) is 0 Å². The molecule has 5 atom stereocenters. The molecule has 0 unspecified atom stereocenters. The average Bonchev–Trinajstić information content (AvgIpc) is 2.45. The van der Waals surface area contributed by atoms with E-state index in [-0.39, 0.29) is 36.2 Å². The van der Waals surface area contributed by atoms with Gasteiger partial charge in [0, 0.05) is 6.61 Å². The number of rotatable bonds is 4. The first kappa shape index (κ1) is 16.3. The fourth-order valence-electron chi connectivity index (χ4n) is 1.37. The van der Waals surface area contributed by atoms with E-state index in [0.717, 1.165) is 0 Å². The van der Waals surface area contributed by atoms with E-state index in [4.69, 9.17) is 14.6 Å². The van der Waals surface area contributed by atoms with Gasteiger partial charge in [0.05, 0.1) is 5.97 Å². The van der Waals surface area contributed by atoms with E-state index in [1.165, 1.54) is 0 Å². The SMILES string of the molecule is CCO[C@@H]1O[C@@H]([C@H](O)C(=O)[O-])[C@H](O)[C@H]1O.[Na+]. The van der Waals surface area contributed by atoms with Crippen molar-refractivity contribution in [1.82, 2.24) is 0 Å². The minimum atomic E-state index is -2.00. The van der Waals surface area contributed by atoms with E-state index in [1.807, 2.05) is 0 Å². The van der Waals surface area contributed by atoms with E-state index in [9.17, 15) is 20.1 Å². The van der Waals surface area contributed by atoms with Gasteiger partial charge in [-0.2, -0.15) is 0 Å². The predicted octanol–water partition coefficient (Wildman–Crippen LogP) is -6.42. The van der Waals surface area contributed by atoms with Crippen LogP contribution >= 0.6 is 0 Å². The number of aliphatic hydroxyl groups excluding tert-OH is 3. The average molecular weight is 244 g/mol. The molecule has 0 radical (unpaired) electrons. The van der Waals surface area contributed by atoms with Gasteiger partial charge in [-0.15, -0.1) is 0 Å². The van der Waals surface area contributed by atoms with E-state index in [0.29, 0.717) is 0 Å². The van der Waals surface area contributed by atoms with Crippen LogP contribution in [0.1, 0.15) is 6.92 Å². The summed E-state index contributed by atoms with van der Waals surface area (Å²) in [6, 6.07) is 0. The van der Waals surface area contributed by atoms with Gasteiger partial charge >= 0.3 is 29.6 Å². The number of carboxylic acids is 1. The van der Waals surface area contributed by atoms with Gasteiger partial charge in [0.15, 0.2) is 6.29 Å². The van der Waals surface area contributed by atoms with Crippen LogP contribution in [-0.2, 0) is 14.3 Å². The van der Waals surface area contributed by atoms with Crippen LogP contribution in [0.4, 0.5) is 0 Å². The van der Waals surface area contributed by atoms with Gasteiger partial charge < -0.3 is 34.7 Å². The Morgan fingerprint density at radius 3 is 2.50 bits per heavy atom. The first-order chi connectivity index (χ1) is 6.99. The third kappa shape index (κ3) is 3.38. The van der Waals surface area contributed by atoms with Crippen molar-refractivity contribution in [2.24, 2.45) is 0 Å². The molecule has 3 N–H and O–H groups in total. The number of carbonyl (C=O) groups is 1. The number of aliphatic hydroxyl groups is 3. The van der Waals surface area contributed by atoms with Crippen molar-refractivity contribution in [3.63, 3.8) is 0 Å². The van der Waals surface area contributed by atoms with E-state index < -0.39 is 36.7 Å². The number of ether oxygens (including phenoxy) is 2. The standard InChI is InChI=1S/C8H14O7.Na/c1-2-14-8-4(10)3(9)6(15-8)5(11)7(12)13;/h3-6,8-11H,2H2,1H3,(H,12,13);/q;+1/p-1/t3-,4-,5+,6-,8-;/m1./s1. The van der Waals surface area contributed by atoms with E-state index in [2.05, 4.69) is 0 Å². The summed E-state index contributed by atoms with van der Waals surface area (Å²) in [5, 5.41) is 38.1. The maximum atomic E-state index is 10.3. The molecule has 0 aromatic rings. The molecule has 0 aliphatic carbocycles. The second-order valence-electron chi connectivity index (χ2n) is 3.17. The van der Waals surface area contributed by atoms with Crippen molar-refractivity contribution in [1.29, 1.82) is 0 Å². The molecule has 0 saturated carbocycles. The predicted molar refractivity (Wildman–Crippen MR) is 43.3 cm³/mol. The Morgan fingerprint density at radius 2 is 2.06 bits per heavy atom. The minimum Gasteiger partial charge on any atom is -0.547 e. The molecule has 1 rings (SSSR count). The molecule has 0 aromatic carbocycles. The molecule has 7 nitrogen and oxygen atoms in total. The molecule has 16 heavy (non-hydrogen) atoms. The molecule has 1 aliphatic heterocycles. The van der Waals surface area contributed by atoms with Gasteiger partial charge in [-0.1, -0.05) is 0 Å². The van der Waals surface area contributed by atoms with Crippen LogP contribution in [0.2, 0.25) is 0 Å². The molecular formula is C8H13NaO7. The quantitative estimate of drug-likeness (QED) is 0.421. The van der Waals surface area contributed by atoms with Crippen LogP contribution in [0.15, 0.2) is 0 Å². The molecular weight excluding hydrogens is 231 g/mol. The van der Waals surface area contributed by atoms with Crippen LogP contribution < -0.4 is 34.7 Å². The van der Waals surface area contributed by atoms with Crippen molar-refractivity contribution in [3.05, 3.63) is 0 Å². The molecule has 1 aliphatic rings. The Morgan fingerprint density at radius 1 is 1.50 bits per heavy atom. The zero-order valence-electron chi connectivity index (χ0n) is 9.07. The molecule has 88 valence electrons. The molecule has 1 saturated heterocycles. The third-order valence-electron chi connectivity index (χ3n) is 2.14. The number of hydrogen-bond donors (Lipinski definition) is 3. The summed E-state index contributed by atoms with van der Waals surface area (Å²) in [7, 11) is 0. The normalized spacial score (nSPS) is 35.5. The van der Waals surface area contributed by atoms with Gasteiger partial charge in [-0.3, -0.25) is 0 Å². The first-order valence-electron chi connectivity index (χ1n) is 4.51. The minimum absolute atomic E-state index is 0. The molecule has 0 amide bonds. The summed E-state index contributed by atoms with van der Waals surface area (Å²) in [4.78, 5) is 10.3. The largest absolute Gasteiger partial charge is 1.00 e. The van der Waals surface area contributed by atoms with Crippen molar-refractivity contribution >= 4 is 5.97 Å². The van der Waals surface area contributed by atoms with Gasteiger partial charge in [0.2, 0.25) is 0 Å². The van der Waals surface area contributed by atoms with E-state index in [1.54, 1.807) is 6.92 Å². The van der Waals surface area contributed by atoms with Crippen LogP contribution in [0.3, 0.4) is 0 Å². The molecule has 1 heterocycles. The Kier molecular flexibility index (Phi) is 6.99. The summed E-state index contributed by atoms with van der Waals surface area (Å²) in [6.45, 7) is 1.87. The number of carbonyl (C=O) groups excluding carboxylic acids is 1. The summed E-state index contributed by atoms with van der Waals surface area (Å²) in [6.07, 6.45) is -7.48. The summed E-state index contributed by atoms with van der Waals surface area (Å²) in [5.41, 5.74) is 0. The fraction of sp³-hybridized carbons (Fsp3) is 0.875.